The second kappa shape index (κ2) is 3.74. The third-order valence-corrected chi connectivity index (χ3v) is 5.75. The molecule has 0 bridgehead atoms. The molecule has 6 heteroatoms. The molecule has 1 spiro atoms. The summed E-state index contributed by atoms with van der Waals surface area (Å²) in [6.45, 7) is 0.861. The Hall–Kier alpha value is -1.69. The monoisotopic (exact) mass is 286 g/mol. The highest BCUT2D eigenvalue weighted by Crippen LogP contribution is 2.71. The van der Waals surface area contributed by atoms with Gasteiger partial charge in [0.25, 0.3) is 0 Å². The van der Waals surface area contributed by atoms with Crippen molar-refractivity contribution >= 4 is 0 Å². The minimum absolute atomic E-state index is 0.00794. The zero-order valence-corrected chi connectivity index (χ0v) is 12.1. The molecule has 110 valence electrons. The third kappa shape index (κ3) is 1.38. The summed E-state index contributed by atoms with van der Waals surface area (Å²) in [5, 5.41) is 4.19. The summed E-state index contributed by atoms with van der Waals surface area (Å²) in [4.78, 5) is 8.83. The summed E-state index contributed by atoms with van der Waals surface area (Å²) in [6.07, 6.45) is 8.99. The zero-order valence-electron chi connectivity index (χ0n) is 12.1. The fourth-order valence-corrected chi connectivity index (χ4v) is 4.25. The van der Waals surface area contributed by atoms with Gasteiger partial charge in [0, 0.05) is 24.9 Å². The third-order valence-electron chi connectivity index (χ3n) is 5.75. The van der Waals surface area contributed by atoms with Crippen molar-refractivity contribution in [1.29, 1.82) is 0 Å². The Morgan fingerprint density at radius 1 is 1.43 bits per heavy atom. The molecular weight excluding hydrogens is 268 g/mol. The molecule has 1 saturated heterocycles. The lowest BCUT2D eigenvalue weighted by molar-refractivity contribution is -0.0960. The molecule has 3 aliphatic rings. The first-order valence-corrected chi connectivity index (χ1v) is 7.66. The Morgan fingerprint density at radius 3 is 3.00 bits per heavy atom. The van der Waals surface area contributed by atoms with Gasteiger partial charge in [-0.25, -0.2) is 4.98 Å². The van der Waals surface area contributed by atoms with Crippen LogP contribution in [0.5, 0.6) is 0 Å². The standard InChI is InChI=1S/C15H18N4O2/c1-19-9-16-7-11(19)5-12-17-13(21-18-12)15-6-10(15)8-20-14(15)3-2-4-14/h7,9-10H,2-6,8H2,1H3/t10-,15-/m1/s1. The number of aromatic nitrogens is 4. The average Bonchev–Trinajstić information content (AvgIpc) is 2.83. The summed E-state index contributed by atoms with van der Waals surface area (Å²) in [6, 6.07) is 0. The second-order valence-electron chi connectivity index (χ2n) is 6.72. The van der Waals surface area contributed by atoms with E-state index in [1.165, 1.54) is 6.42 Å². The topological polar surface area (TPSA) is 66.0 Å². The Labute approximate surface area is 122 Å². The predicted octanol–water partition coefficient (Wildman–Crippen LogP) is 1.60. The van der Waals surface area contributed by atoms with Crippen LogP contribution in [-0.2, 0) is 23.6 Å². The molecule has 2 aromatic heterocycles. The van der Waals surface area contributed by atoms with Gasteiger partial charge in [0.2, 0.25) is 5.89 Å². The Bertz CT molecular complexity index is 702. The van der Waals surface area contributed by atoms with Crippen LogP contribution in [0.15, 0.2) is 17.0 Å². The number of rotatable bonds is 3. The SMILES string of the molecule is Cn1cncc1Cc1noc([C@@]23C[C@@H]2COC32CCC2)n1. The highest BCUT2D eigenvalue weighted by atomic mass is 16.5. The van der Waals surface area contributed by atoms with E-state index in [0.29, 0.717) is 12.3 Å². The van der Waals surface area contributed by atoms with Crippen LogP contribution in [0.25, 0.3) is 0 Å². The van der Waals surface area contributed by atoms with Crippen molar-refractivity contribution < 1.29 is 9.26 Å². The summed E-state index contributed by atoms with van der Waals surface area (Å²) in [5.41, 5.74) is 1.13. The van der Waals surface area contributed by atoms with Crippen LogP contribution in [0, 0.1) is 5.92 Å². The number of hydrogen-bond acceptors (Lipinski definition) is 5. The zero-order chi connectivity index (χ0) is 14.1. The first-order chi connectivity index (χ1) is 10.2. The van der Waals surface area contributed by atoms with Crippen molar-refractivity contribution in [1.82, 2.24) is 19.7 Å². The summed E-state index contributed by atoms with van der Waals surface area (Å²) >= 11 is 0. The van der Waals surface area contributed by atoms with Crippen molar-refractivity contribution in [3.8, 4) is 0 Å². The Kier molecular flexibility index (Phi) is 2.12. The van der Waals surface area contributed by atoms with E-state index in [1.807, 2.05) is 17.8 Å². The molecule has 0 aromatic carbocycles. The van der Waals surface area contributed by atoms with E-state index in [9.17, 15) is 0 Å². The summed E-state index contributed by atoms with van der Waals surface area (Å²) in [7, 11) is 1.98. The lowest BCUT2D eigenvalue weighted by Gasteiger charge is -2.43. The van der Waals surface area contributed by atoms with Gasteiger partial charge in [0.1, 0.15) is 0 Å². The van der Waals surface area contributed by atoms with Crippen LogP contribution in [0.2, 0.25) is 0 Å². The van der Waals surface area contributed by atoms with E-state index in [1.54, 1.807) is 6.33 Å². The molecular formula is C15H18N4O2. The van der Waals surface area contributed by atoms with Gasteiger partial charge in [-0.1, -0.05) is 5.16 Å². The van der Waals surface area contributed by atoms with E-state index in [0.717, 1.165) is 43.3 Å². The van der Waals surface area contributed by atoms with E-state index in [2.05, 4.69) is 10.1 Å². The van der Waals surface area contributed by atoms with Crippen molar-refractivity contribution in [3.63, 3.8) is 0 Å². The molecule has 0 amide bonds. The van der Waals surface area contributed by atoms with E-state index < -0.39 is 0 Å². The van der Waals surface area contributed by atoms with Gasteiger partial charge in [-0.3, -0.25) is 0 Å². The number of fused-ring (bicyclic) bond motifs is 2. The van der Waals surface area contributed by atoms with Crippen LogP contribution in [0.3, 0.4) is 0 Å². The molecule has 2 atom stereocenters. The van der Waals surface area contributed by atoms with Crippen LogP contribution < -0.4 is 0 Å². The van der Waals surface area contributed by atoms with Crippen molar-refractivity contribution in [3.05, 3.63) is 29.9 Å². The average molecular weight is 286 g/mol. The fraction of sp³-hybridized carbons (Fsp3) is 0.667. The van der Waals surface area contributed by atoms with Crippen LogP contribution in [-0.4, -0.2) is 31.9 Å². The van der Waals surface area contributed by atoms with Gasteiger partial charge in [-0.15, -0.1) is 0 Å². The number of nitrogens with zero attached hydrogens (tertiary/aromatic N) is 4. The van der Waals surface area contributed by atoms with Crippen LogP contribution in [0.4, 0.5) is 0 Å². The van der Waals surface area contributed by atoms with E-state index >= 15 is 0 Å². The highest BCUT2D eigenvalue weighted by molar-refractivity contribution is 5.34. The van der Waals surface area contributed by atoms with Gasteiger partial charge >= 0.3 is 0 Å². The molecule has 2 aromatic rings. The molecule has 0 N–H and O–H groups in total. The van der Waals surface area contributed by atoms with E-state index in [4.69, 9.17) is 14.2 Å². The minimum atomic E-state index is 0.00794. The smallest absolute Gasteiger partial charge is 0.236 e. The van der Waals surface area contributed by atoms with Gasteiger partial charge < -0.3 is 13.8 Å². The largest absolute Gasteiger partial charge is 0.374 e. The van der Waals surface area contributed by atoms with Crippen molar-refractivity contribution in [2.24, 2.45) is 13.0 Å². The summed E-state index contributed by atoms with van der Waals surface area (Å²) in [5.74, 6) is 2.14. The summed E-state index contributed by atoms with van der Waals surface area (Å²) < 4.78 is 13.7. The number of hydrogen-bond donors (Lipinski definition) is 0. The first-order valence-electron chi connectivity index (χ1n) is 7.66. The highest BCUT2D eigenvalue weighted by Gasteiger charge is 2.77. The molecule has 2 saturated carbocycles. The lowest BCUT2D eigenvalue weighted by atomic mass is 9.68. The van der Waals surface area contributed by atoms with Gasteiger partial charge in [0.05, 0.1) is 30.4 Å². The van der Waals surface area contributed by atoms with Crippen molar-refractivity contribution in [2.75, 3.05) is 6.61 Å². The molecule has 1 aliphatic heterocycles. The molecule has 3 heterocycles. The lowest BCUT2D eigenvalue weighted by Crippen LogP contribution is -2.48. The second-order valence-corrected chi connectivity index (χ2v) is 6.72. The minimum Gasteiger partial charge on any atom is -0.374 e. The number of imidazole rings is 1. The fourth-order valence-electron chi connectivity index (χ4n) is 4.25. The van der Waals surface area contributed by atoms with E-state index in [-0.39, 0.29) is 11.0 Å². The quantitative estimate of drug-likeness (QED) is 0.857. The number of ether oxygens (including phenoxy) is 1. The van der Waals surface area contributed by atoms with Crippen LogP contribution in [0.1, 0.15) is 43.1 Å². The molecule has 0 unspecified atom stereocenters. The Morgan fingerprint density at radius 2 is 2.33 bits per heavy atom. The van der Waals surface area contributed by atoms with Crippen molar-refractivity contribution in [2.45, 2.75) is 43.1 Å². The molecule has 3 fully saturated rings. The molecule has 0 radical (unpaired) electrons. The molecule has 2 aliphatic carbocycles. The number of aryl methyl sites for hydroxylation is 1. The van der Waals surface area contributed by atoms with Gasteiger partial charge in [0.15, 0.2) is 5.82 Å². The normalized spacial score (nSPS) is 32.1. The van der Waals surface area contributed by atoms with Gasteiger partial charge in [-0.2, -0.15) is 4.98 Å². The van der Waals surface area contributed by atoms with Crippen LogP contribution >= 0.6 is 0 Å². The molecule has 21 heavy (non-hydrogen) atoms. The maximum Gasteiger partial charge on any atom is 0.236 e. The maximum atomic E-state index is 6.09. The van der Waals surface area contributed by atoms with Gasteiger partial charge in [-0.05, 0) is 25.7 Å². The Balaban J connectivity index is 1.45. The predicted molar refractivity (Wildman–Crippen MR) is 72.6 cm³/mol. The maximum absolute atomic E-state index is 6.09. The molecule has 5 rings (SSSR count). The first kappa shape index (κ1) is 11.9. The molecule has 6 nitrogen and oxygen atoms in total.